The highest BCUT2D eigenvalue weighted by atomic mass is 16.7. The summed E-state index contributed by atoms with van der Waals surface area (Å²) in [6.45, 7) is 5.52. The molecule has 4 bridgehead atoms. The van der Waals surface area contributed by atoms with Crippen LogP contribution in [-0.2, 0) is 26.0 Å². The van der Waals surface area contributed by atoms with E-state index in [1.807, 2.05) is 31.2 Å². The van der Waals surface area contributed by atoms with Gasteiger partial charge in [0.2, 0.25) is 0 Å². The fourth-order valence-electron chi connectivity index (χ4n) is 7.74. The van der Waals surface area contributed by atoms with Crippen LogP contribution in [0.5, 0.6) is 0 Å². The van der Waals surface area contributed by atoms with Crippen LogP contribution in [0.1, 0.15) is 91.4 Å². The molecule has 0 N–H and O–H groups in total. The molecule has 4 nitrogen and oxygen atoms in total. The van der Waals surface area contributed by atoms with Gasteiger partial charge in [0, 0.05) is 13.7 Å². The Morgan fingerprint density at radius 2 is 1.62 bits per heavy atom. The van der Waals surface area contributed by atoms with E-state index < -0.39 is 0 Å². The van der Waals surface area contributed by atoms with Crippen LogP contribution < -0.4 is 0 Å². The number of carbonyl (C=O) groups excluding carboxylic acids is 1. The summed E-state index contributed by atoms with van der Waals surface area (Å²) in [7, 11) is 1.68. The Balaban J connectivity index is 1.41. The third kappa shape index (κ3) is 5.86. The molecule has 0 aliphatic heterocycles. The average molecular weight is 503 g/mol. The number of methoxy groups -OCH3 is 1. The largest absolute Gasteiger partial charge is 0.462 e. The van der Waals surface area contributed by atoms with Crippen molar-refractivity contribution in [3.8, 4) is 0 Å². The molecule has 0 saturated heterocycles. The quantitative estimate of drug-likeness (QED) is 0.139. The highest BCUT2D eigenvalue weighted by molar-refractivity contribution is 5.90. The predicted molar refractivity (Wildman–Crippen MR) is 148 cm³/mol. The SMILES string of the molecule is CCOC(=O)c1ccc(C=C(C)c2ccc(CCCOCOC)c(C34CC5CC(CC(C5)C3)C4)c2)cc1. The van der Waals surface area contributed by atoms with E-state index >= 15 is 0 Å². The van der Waals surface area contributed by atoms with E-state index in [1.54, 1.807) is 12.7 Å². The van der Waals surface area contributed by atoms with Crippen LogP contribution in [0.4, 0.5) is 0 Å². The molecule has 0 atom stereocenters. The van der Waals surface area contributed by atoms with E-state index in [2.05, 4.69) is 31.2 Å². The normalized spacial score (nSPS) is 26.5. The smallest absolute Gasteiger partial charge is 0.338 e. The number of allylic oxidation sites excluding steroid dienone is 1. The van der Waals surface area contributed by atoms with Gasteiger partial charge in [0.05, 0.1) is 12.2 Å². The minimum Gasteiger partial charge on any atom is -0.462 e. The number of hydrogen-bond donors (Lipinski definition) is 0. The Kier molecular flexibility index (Phi) is 8.16. The van der Waals surface area contributed by atoms with Gasteiger partial charge < -0.3 is 14.2 Å². The molecule has 2 aromatic rings. The third-order valence-electron chi connectivity index (χ3n) is 8.92. The van der Waals surface area contributed by atoms with Crippen LogP contribution in [0.3, 0.4) is 0 Å². The van der Waals surface area contributed by atoms with Crippen LogP contribution in [0, 0.1) is 17.8 Å². The Morgan fingerprint density at radius 3 is 2.24 bits per heavy atom. The molecule has 4 saturated carbocycles. The first-order chi connectivity index (χ1) is 18.0. The summed E-state index contributed by atoms with van der Waals surface area (Å²) in [4.78, 5) is 12.0. The minimum atomic E-state index is -0.266. The number of rotatable bonds is 11. The second-order valence-electron chi connectivity index (χ2n) is 11.7. The van der Waals surface area contributed by atoms with Crippen molar-refractivity contribution in [1.29, 1.82) is 0 Å². The summed E-state index contributed by atoms with van der Waals surface area (Å²) in [5.74, 6) is 2.49. The molecule has 4 heteroatoms. The molecule has 198 valence electrons. The summed E-state index contributed by atoms with van der Waals surface area (Å²) in [5, 5.41) is 0. The maximum Gasteiger partial charge on any atom is 0.338 e. The van der Waals surface area contributed by atoms with Crippen molar-refractivity contribution in [3.63, 3.8) is 0 Å². The molecular formula is C33H42O4. The maximum absolute atomic E-state index is 12.0. The van der Waals surface area contributed by atoms with Gasteiger partial charge in [-0.3, -0.25) is 0 Å². The van der Waals surface area contributed by atoms with Crippen molar-refractivity contribution in [2.45, 2.75) is 70.6 Å². The van der Waals surface area contributed by atoms with Crippen molar-refractivity contribution in [1.82, 2.24) is 0 Å². The Bertz CT molecular complexity index is 1080. The molecule has 0 unspecified atom stereocenters. The highest BCUT2D eigenvalue weighted by Gasteiger charge is 2.52. The molecule has 0 radical (unpaired) electrons. The zero-order valence-corrected chi connectivity index (χ0v) is 22.8. The molecule has 0 aromatic heterocycles. The molecule has 4 fully saturated rings. The second-order valence-corrected chi connectivity index (χ2v) is 11.7. The number of benzene rings is 2. The average Bonchev–Trinajstić information content (AvgIpc) is 2.88. The fraction of sp³-hybridized carbons (Fsp3) is 0.545. The van der Waals surface area contributed by atoms with Gasteiger partial charge in [0.15, 0.2) is 0 Å². The van der Waals surface area contributed by atoms with Crippen molar-refractivity contribution < 1.29 is 19.0 Å². The summed E-state index contributed by atoms with van der Waals surface area (Å²) in [6.07, 6.45) is 12.8. The van der Waals surface area contributed by atoms with Crippen molar-refractivity contribution >= 4 is 17.6 Å². The summed E-state index contributed by atoms with van der Waals surface area (Å²) >= 11 is 0. The molecular weight excluding hydrogens is 460 g/mol. The lowest BCUT2D eigenvalue weighted by Crippen LogP contribution is -2.49. The van der Waals surface area contributed by atoms with Gasteiger partial charge in [-0.2, -0.15) is 0 Å². The first-order valence-corrected chi connectivity index (χ1v) is 14.2. The number of carbonyl (C=O) groups is 1. The van der Waals surface area contributed by atoms with E-state index in [0.717, 1.165) is 42.8 Å². The van der Waals surface area contributed by atoms with Crippen LogP contribution >= 0.6 is 0 Å². The standard InChI is InChI=1S/C33H42O4/c1-4-37-32(34)29-9-7-24(8-10-29)14-23(2)30-12-11-28(6-5-13-36-22-35-3)31(18-30)33-19-25-15-26(20-33)17-27(16-25)21-33/h7-12,14,18,25-27H,4-6,13,15-17,19-22H2,1-3H3. The number of aryl methyl sites for hydroxylation is 1. The Hall–Kier alpha value is -2.43. The molecule has 4 aliphatic rings. The molecule has 4 aliphatic carbocycles. The van der Waals surface area contributed by atoms with Crippen LogP contribution in [0.2, 0.25) is 0 Å². The molecule has 2 aromatic carbocycles. The van der Waals surface area contributed by atoms with E-state index in [4.69, 9.17) is 14.2 Å². The van der Waals surface area contributed by atoms with Crippen LogP contribution in [0.25, 0.3) is 11.6 Å². The topological polar surface area (TPSA) is 44.8 Å². The first-order valence-electron chi connectivity index (χ1n) is 14.2. The van der Waals surface area contributed by atoms with Gasteiger partial charge in [0.1, 0.15) is 6.79 Å². The van der Waals surface area contributed by atoms with E-state index in [9.17, 15) is 4.79 Å². The summed E-state index contributed by atoms with van der Waals surface area (Å²) in [5.41, 5.74) is 7.74. The number of ether oxygens (including phenoxy) is 3. The minimum absolute atomic E-state index is 0.266. The molecule has 0 spiro atoms. The van der Waals surface area contributed by atoms with Gasteiger partial charge >= 0.3 is 5.97 Å². The Morgan fingerprint density at radius 1 is 0.973 bits per heavy atom. The zero-order chi connectivity index (χ0) is 25.8. The van der Waals surface area contributed by atoms with Crippen molar-refractivity contribution in [3.05, 3.63) is 70.3 Å². The van der Waals surface area contributed by atoms with E-state index in [1.165, 1.54) is 55.2 Å². The first kappa shape index (κ1) is 26.2. The monoisotopic (exact) mass is 502 g/mol. The summed E-state index contributed by atoms with van der Waals surface area (Å²) < 4.78 is 15.8. The molecule has 37 heavy (non-hydrogen) atoms. The van der Waals surface area contributed by atoms with Crippen LogP contribution in [-0.4, -0.2) is 33.1 Å². The predicted octanol–water partition coefficient (Wildman–Crippen LogP) is 7.44. The van der Waals surface area contributed by atoms with Gasteiger partial charge in [-0.05, 0) is 128 Å². The van der Waals surface area contributed by atoms with Gasteiger partial charge in [-0.15, -0.1) is 0 Å². The van der Waals surface area contributed by atoms with Crippen molar-refractivity contribution in [2.24, 2.45) is 17.8 Å². The van der Waals surface area contributed by atoms with Gasteiger partial charge in [0.25, 0.3) is 0 Å². The van der Waals surface area contributed by atoms with E-state index in [0.29, 0.717) is 24.4 Å². The van der Waals surface area contributed by atoms with Gasteiger partial charge in [-0.1, -0.05) is 36.4 Å². The number of esters is 1. The second kappa shape index (κ2) is 11.5. The highest BCUT2D eigenvalue weighted by Crippen LogP contribution is 2.61. The lowest BCUT2D eigenvalue weighted by molar-refractivity contribution is -0.0311. The summed E-state index contributed by atoms with van der Waals surface area (Å²) in [6, 6.07) is 14.9. The van der Waals surface area contributed by atoms with E-state index in [-0.39, 0.29) is 5.97 Å². The Labute approximate surface area is 222 Å². The lowest BCUT2D eigenvalue weighted by atomic mass is 9.47. The fourth-order valence-corrected chi connectivity index (χ4v) is 7.74. The van der Waals surface area contributed by atoms with Crippen molar-refractivity contribution in [2.75, 3.05) is 27.1 Å². The maximum atomic E-state index is 12.0. The lowest BCUT2D eigenvalue weighted by Gasteiger charge is -2.57. The molecule has 0 heterocycles. The number of hydrogen-bond acceptors (Lipinski definition) is 4. The van der Waals surface area contributed by atoms with Gasteiger partial charge in [-0.25, -0.2) is 4.79 Å². The third-order valence-corrected chi connectivity index (χ3v) is 8.92. The van der Waals surface area contributed by atoms with Crippen LogP contribution in [0.15, 0.2) is 42.5 Å². The molecule has 6 rings (SSSR count). The zero-order valence-electron chi connectivity index (χ0n) is 22.8. The molecule has 0 amide bonds.